The molecule has 0 saturated heterocycles. The quantitative estimate of drug-likeness (QED) is 0.309. The molecule has 0 aliphatic rings. The van der Waals surface area contributed by atoms with Gasteiger partial charge in [0.15, 0.2) is 0 Å². The molecule has 0 aliphatic heterocycles. The molecule has 0 aromatic carbocycles. The molecule has 0 aromatic heterocycles. The van der Waals surface area contributed by atoms with Crippen molar-refractivity contribution < 1.29 is 17.7 Å². The smallest absolute Gasteiger partial charge is 0.267 e. The maximum atomic E-state index is 10.1. The van der Waals surface area contributed by atoms with Gasteiger partial charge in [-0.1, -0.05) is 0 Å². The van der Waals surface area contributed by atoms with Gasteiger partial charge in [-0.15, -0.1) is 6.42 Å². The minimum atomic E-state index is -3.63. The fourth-order valence-electron chi connectivity index (χ4n) is 0.193. The molecule has 0 amide bonds. The van der Waals surface area contributed by atoms with Crippen LogP contribution < -0.4 is 0 Å². The number of aliphatic hydroxyl groups is 1. The van der Waals surface area contributed by atoms with Gasteiger partial charge in [0.25, 0.3) is 10.1 Å². The van der Waals surface area contributed by atoms with Crippen molar-refractivity contribution in [2.45, 2.75) is 6.29 Å². The first-order valence-electron chi connectivity index (χ1n) is 1.98. The number of hydrogen-bond donors (Lipinski definition) is 1. The van der Waals surface area contributed by atoms with Crippen LogP contribution in [0, 0.1) is 12.3 Å². The van der Waals surface area contributed by atoms with E-state index in [1.165, 1.54) is 0 Å². The maximum Gasteiger partial charge on any atom is 0.267 e. The van der Waals surface area contributed by atoms with Crippen molar-refractivity contribution in [1.29, 1.82) is 0 Å². The van der Waals surface area contributed by atoms with Gasteiger partial charge in [-0.25, -0.2) is 4.18 Å². The van der Waals surface area contributed by atoms with Gasteiger partial charge in [0.1, 0.15) is 0 Å². The van der Waals surface area contributed by atoms with Gasteiger partial charge in [0.2, 0.25) is 6.29 Å². The minimum absolute atomic E-state index is 0.799. The highest BCUT2D eigenvalue weighted by Crippen LogP contribution is 1.90. The van der Waals surface area contributed by atoms with E-state index in [0.717, 1.165) is 6.26 Å². The molecule has 0 rings (SSSR count). The van der Waals surface area contributed by atoms with E-state index in [9.17, 15) is 8.42 Å². The van der Waals surface area contributed by atoms with Crippen LogP contribution in [0.4, 0.5) is 0 Å². The summed E-state index contributed by atoms with van der Waals surface area (Å²) in [7, 11) is -3.63. The van der Waals surface area contributed by atoms with Gasteiger partial charge in [-0.3, -0.25) is 0 Å². The molecular formula is C4H6O4S. The topological polar surface area (TPSA) is 63.6 Å². The van der Waals surface area contributed by atoms with E-state index >= 15 is 0 Å². The highest BCUT2D eigenvalue weighted by Gasteiger charge is 2.07. The zero-order chi connectivity index (χ0) is 7.49. The Morgan fingerprint density at radius 3 is 2.33 bits per heavy atom. The summed E-state index contributed by atoms with van der Waals surface area (Å²) in [5.41, 5.74) is 0. The molecule has 5 heteroatoms. The second-order valence-corrected chi connectivity index (χ2v) is 2.92. The van der Waals surface area contributed by atoms with E-state index in [-0.39, 0.29) is 0 Å². The number of aliphatic hydroxyl groups excluding tert-OH is 1. The lowest BCUT2D eigenvalue weighted by molar-refractivity contribution is 0.0402. The average molecular weight is 150 g/mol. The Bertz CT molecular complexity index is 209. The molecule has 0 fully saturated rings. The lowest BCUT2D eigenvalue weighted by Gasteiger charge is -1.99. The molecule has 9 heavy (non-hydrogen) atoms. The largest absolute Gasteiger partial charge is 0.357 e. The average Bonchev–Trinajstić information content (AvgIpc) is 1.62. The molecule has 4 nitrogen and oxygen atoms in total. The molecule has 0 spiro atoms. The highest BCUT2D eigenvalue weighted by atomic mass is 32.2. The third kappa shape index (κ3) is 5.30. The van der Waals surface area contributed by atoms with Crippen molar-refractivity contribution in [3.05, 3.63) is 0 Å². The Hall–Kier alpha value is -0.570. The van der Waals surface area contributed by atoms with Gasteiger partial charge in [-0.05, 0) is 5.92 Å². The fourth-order valence-corrected chi connectivity index (χ4v) is 0.580. The predicted molar refractivity (Wildman–Crippen MR) is 30.8 cm³/mol. The number of terminal acetylenes is 1. The zero-order valence-corrected chi connectivity index (χ0v) is 5.55. The SMILES string of the molecule is C#CC(O)OS(C)(=O)=O. The van der Waals surface area contributed by atoms with Crippen molar-refractivity contribution in [3.8, 4) is 12.3 Å². The van der Waals surface area contributed by atoms with Crippen LogP contribution in [0.3, 0.4) is 0 Å². The van der Waals surface area contributed by atoms with Gasteiger partial charge < -0.3 is 5.11 Å². The van der Waals surface area contributed by atoms with Gasteiger partial charge in [0.05, 0.1) is 6.26 Å². The summed E-state index contributed by atoms with van der Waals surface area (Å²) in [6.45, 7) is 0. The summed E-state index contributed by atoms with van der Waals surface area (Å²) in [4.78, 5) is 0. The normalized spacial score (nSPS) is 14.3. The van der Waals surface area contributed by atoms with Gasteiger partial charge in [-0.2, -0.15) is 8.42 Å². The van der Waals surface area contributed by atoms with Gasteiger partial charge >= 0.3 is 0 Å². The predicted octanol–water partition coefficient (Wildman–Crippen LogP) is -1.09. The molecule has 0 heterocycles. The first kappa shape index (κ1) is 8.43. The zero-order valence-electron chi connectivity index (χ0n) is 4.73. The first-order chi connectivity index (χ1) is 3.95. The maximum absolute atomic E-state index is 10.1. The monoisotopic (exact) mass is 150 g/mol. The molecule has 0 radical (unpaired) electrons. The molecule has 1 unspecified atom stereocenters. The second kappa shape index (κ2) is 2.82. The minimum Gasteiger partial charge on any atom is -0.357 e. The Morgan fingerprint density at radius 1 is 1.78 bits per heavy atom. The Kier molecular flexibility index (Phi) is 2.65. The van der Waals surface area contributed by atoms with Crippen molar-refractivity contribution in [2.24, 2.45) is 0 Å². The number of rotatable bonds is 2. The Balaban J connectivity index is 3.94. The van der Waals surface area contributed by atoms with Crippen molar-refractivity contribution in [3.63, 3.8) is 0 Å². The second-order valence-electron chi connectivity index (χ2n) is 1.32. The third-order valence-electron chi connectivity index (χ3n) is 0.409. The van der Waals surface area contributed by atoms with E-state index in [4.69, 9.17) is 5.11 Å². The van der Waals surface area contributed by atoms with E-state index in [0.29, 0.717) is 0 Å². The van der Waals surface area contributed by atoms with Crippen molar-refractivity contribution in [1.82, 2.24) is 0 Å². The Labute approximate surface area is 53.6 Å². The molecule has 0 bridgehead atoms. The third-order valence-corrected chi connectivity index (χ3v) is 0.940. The summed E-state index contributed by atoms with van der Waals surface area (Å²) in [6.07, 6.45) is 3.72. The van der Waals surface area contributed by atoms with Crippen LogP contribution in [0.25, 0.3) is 0 Å². The van der Waals surface area contributed by atoms with Crippen LogP contribution in [0.5, 0.6) is 0 Å². The fraction of sp³-hybridized carbons (Fsp3) is 0.500. The molecule has 1 N–H and O–H groups in total. The molecule has 1 atom stereocenters. The van der Waals surface area contributed by atoms with Gasteiger partial charge in [0, 0.05) is 0 Å². The van der Waals surface area contributed by atoms with Crippen LogP contribution in [0.15, 0.2) is 0 Å². The molecule has 0 aromatic rings. The van der Waals surface area contributed by atoms with E-state index in [2.05, 4.69) is 10.6 Å². The van der Waals surface area contributed by atoms with E-state index in [1.807, 2.05) is 0 Å². The molecular weight excluding hydrogens is 144 g/mol. The highest BCUT2D eigenvalue weighted by molar-refractivity contribution is 7.86. The van der Waals surface area contributed by atoms with Crippen LogP contribution in [0.2, 0.25) is 0 Å². The number of hydrogen-bond acceptors (Lipinski definition) is 4. The molecule has 0 aliphatic carbocycles. The van der Waals surface area contributed by atoms with Crippen LogP contribution in [0.1, 0.15) is 0 Å². The standard InChI is InChI=1S/C4H6O4S/c1-3-4(5)8-9(2,6)7/h1,4-5H,2H3. The first-order valence-corrected chi connectivity index (χ1v) is 3.80. The van der Waals surface area contributed by atoms with Crippen LogP contribution >= 0.6 is 0 Å². The van der Waals surface area contributed by atoms with E-state index in [1.54, 1.807) is 5.92 Å². The lowest BCUT2D eigenvalue weighted by atomic mass is 10.7. The summed E-state index contributed by atoms with van der Waals surface area (Å²) >= 11 is 0. The summed E-state index contributed by atoms with van der Waals surface area (Å²) in [6, 6.07) is 0. The van der Waals surface area contributed by atoms with Crippen LogP contribution in [-0.2, 0) is 14.3 Å². The molecule has 0 saturated carbocycles. The van der Waals surface area contributed by atoms with Crippen molar-refractivity contribution in [2.75, 3.05) is 6.26 Å². The van der Waals surface area contributed by atoms with E-state index < -0.39 is 16.4 Å². The Morgan fingerprint density at radius 2 is 2.22 bits per heavy atom. The van der Waals surface area contributed by atoms with Crippen LogP contribution in [-0.4, -0.2) is 26.1 Å². The summed E-state index contributed by atoms with van der Waals surface area (Å²) < 4.78 is 24.1. The molecule has 52 valence electrons. The summed E-state index contributed by atoms with van der Waals surface area (Å²) in [5, 5.41) is 8.36. The summed E-state index contributed by atoms with van der Waals surface area (Å²) in [5.74, 6) is 1.68. The van der Waals surface area contributed by atoms with Crippen molar-refractivity contribution >= 4 is 10.1 Å². The lowest BCUT2D eigenvalue weighted by Crippen LogP contribution is -2.14.